The SMILES string of the molecule is C[C@@H]1CN(S(=O)(=O)c2ccccc2)[C@@H](C)N1C(=O)N(C)C. The van der Waals surface area contributed by atoms with Gasteiger partial charge in [-0.25, -0.2) is 13.2 Å². The summed E-state index contributed by atoms with van der Waals surface area (Å²) in [5.41, 5.74) is 0. The van der Waals surface area contributed by atoms with Crippen molar-refractivity contribution >= 4 is 16.1 Å². The van der Waals surface area contributed by atoms with Crippen LogP contribution in [-0.4, -0.2) is 61.4 Å². The molecule has 2 amide bonds. The van der Waals surface area contributed by atoms with Gasteiger partial charge in [0.05, 0.1) is 11.1 Å². The molecule has 1 aromatic rings. The lowest BCUT2D eigenvalue weighted by atomic mass is 10.3. The van der Waals surface area contributed by atoms with Gasteiger partial charge < -0.3 is 9.80 Å². The van der Waals surface area contributed by atoms with Crippen molar-refractivity contribution < 1.29 is 13.2 Å². The van der Waals surface area contributed by atoms with E-state index in [-0.39, 0.29) is 17.0 Å². The van der Waals surface area contributed by atoms with E-state index in [0.717, 1.165) is 0 Å². The number of benzene rings is 1. The van der Waals surface area contributed by atoms with E-state index in [0.29, 0.717) is 6.54 Å². The van der Waals surface area contributed by atoms with E-state index >= 15 is 0 Å². The van der Waals surface area contributed by atoms with Crippen LogP contribution in [0, 0.1) is 0 Å². The van der Waals surface area contributed by atoms with Crippen LogP contribution in [0.25, 0.3) is 0 Å². The summed E-state index contributed by atoms with van der Waals surface area (Å²) < 4.78 is 26.8. The second-order valence-electron chi connectivity index (χ2n) is 5.45. The topological polar surface area (TPSA) is 60.9 Å². The quantitative estimate of drug-likeness (QED) is 0.829. The molecular weight excluding hydrogens is 290 g/mol. The van der Waals surface area contributed by atoms with Crippen molar-refractivity contribution in [2.75, 3.05) is 20.6 Å². The summed E-state index contributed by atoms with van der Waals surface area (Å²) in [6, 6.07) is 7.97. The molecule has 2 atom stereocenters. The largest absolute Gasteiger partial charge is 0.331 e. The molecule has 116 valence electrons. The molecule has 2 rings (SSSR count). The van der Waals surface area contributed by atoms with Crippen molar-refractivity contribution in [2.24, 2.45) is 0 Å². The normalized spacial score (nSPS) is 23.3. The van der Waals surface area contributed by atoms with E-state index in [2.05, 4.69) is 0 Å². The summed E-state index contributed by atoms with van der Waals surface area (Å²) in [6.07, 6.45) is -0.500. The van der Waals surface area contributed by atoms with Gasteiger partial charge in [0.1, 0.15) is 0 Å². The Kier molecular flexibility index (Phi) is 4.25. The number of rotatable bonds is 2. The Bertz CT molecular complexity index is 616. The first-order valence-electron chi connectivity index (χ1n) is 6.83. The maximum Gasteiger partial charge on any atom is 0.321 e. The summed E-state index contributed by atoms with van der Waals surface area (Å²) >= 11 is 0. The van der Waals surface area contributed by atoms with Crippen molar-refractivity contribution in [3.05, 3.63) is 30.3 Å². The summed E-state index contributed by atoms with van der Waals surface area (Å²) in [7, 11) is -0.266. The molecule has 1 saturated heterocycles. The van der Waals surface area contributed by atoms with Crippen LogP contribution >= 0.6 is 0 Å². The lowest BCUT2D eigenvalue weighted by molar-refractivity contribution is 0.144. The average molecular weight is 311 g/mol. The highest BCUT2D eigenvalue weighted by molar-refractivity contribution is 7.89. The lowest BCUT2D eigenvalue weighted by Gasteiger charge is -2.30. The number of hydrogen-bond donors (Lipinski definition) is 0. The van der Waals surface area contributed by atoms with Gasteiger partial charge in [-0.2, -0.15) is 4.31 Å². The second kappa shape index (κ2) is 5.65. The predicted octanol–water partition coefficient (Wildman–Crippen LogP) is 1.41. The fourth-order valence-corrected chi connectivity index (χ4v) is 4.30. The standard InChI is InChI=1S/C14H21N3O3S/c1-11-10-16(12(2)17(11)14(18)15(3)4)21(19,20)13-8-6-5-7-9-13/h5-9,11-12H,10H2,1-4H3/t11-,12-/m1/s1. The molecule has 0 spiro atoms. The molecule has 0 aliphatic carbocycles. The molecular formula is C14H21N3O3S. The fraction of sp³-hybridized carbons (Fsp3) is 0.500. The monoisotopic (exact) mass is 311 g/mol. The van der Waals surface area contributed by atoms with E-state index in [1.54, 1.807) is 56.3 Å². The van der Waals surface area contributed by atoms with Crippen molar-refractivity contribution in [3.63, 3.8) is 0 Å². The first-order chi connectivity index (χ1) is 9.76. The lowest BCUT2D eigenvalue weighted by Crippen LogP contribution is -2.47. The van der Waals surface area contributed by atoms with Crippen molar-refractivity contribution in [1.82, 2.24) is 14.1 Å². The van der Waals surface area contributed by atoms with Crippen molar-refractivity contribution in [3.8, 4) is 0 Å². The summed E-state index contributed by atoms with van der Waals surface area (Å²) in [5, 5.41) is 0. The van der Waals surface area contributed by atoms with E-state index in [4.69, 9.17) is 0 Å². The Labute approximate surface area is 126 Å². The maximum absolute atomic E-state index is 12.7. The molecule has 0 unspecified atom stereocenters. The van der Waals surface area contributed by atoms with Gasteiger partial charge in [-0.1, -0.05) is 18.2 Å². The molecule has 0 radical (unpaired) electrons. The van der Waals surface area contributed by atoms with E-state index < -0.39 is 16.2 Å². The fourth-order valence-electron chi connectivity index (χ4n) is 2.61. The third-order valence-electron chi connectivity index (χ3n) is 3.69. The molecule has 0 N–H and O–H groups in total. The Morgan fingerprint density at radius 1 is 1.19 bits per heavy atom. The van der Waals surface area contributed by atoms with Gasteiger partial charge in [0, 0.05) is 26.7 Å². The van der Waals surface area contributed by atoms with Crippen LogP contribution in [0.1, 0.15) is 13.8 Å². The smallest absolute Gasteiger partial charge is 0.321 e. The van der Waals surface area contributed by atoms with Crippen LogP contribution in [0.5, 0.6) is 0 Å². The third kappa shape index (κ3) is 2.75. The molecule has 1 aliphatic heterocycles. The van der Waals surface area contributed by atoms with Gasteiger partial charge >= 0.3 is 6.03 Å². The molecule has 1 aromatic carbocycles. The first-order valence-corrected chi connectivity index (χ1v) is 8.27. The summed E-state index contributed by atoms with van der Waals surface area (Å²) in [6.45, 7) is 3.90. The van der Waals surface area contributed by atoms with E-state index in [9.17, 15) is 13.2 Å². The zero-order chi connectivity index (χ0) is 15.8. The van der Waals surface area contributed by atoms with Crippen LogP contribution < -0.4 is 0 Å². The van der Waals surface area contributed by atoms with Gasteiger partial charge in [-0.05, 0) is 26.0 Å². The highest BCUT2D eigenvalue weighted by atomic mass is 32.2. The second-order valence-corrected chi connectivity index (χ2v) is 7.34. The Hall–Kier alpha value is -1.60. The summed E-state index contributed by atoms with van der Waals surface area (Å²) in [4.78, 5) is 15.5. The van der Waals surface area contributed by atoms with Gasteiger partial charge in [-0.15, -0.1) is 0 Å². The van der Waals surface area contributed by atoms with Gasteiger partial charge in [0.2, 0.25) is 10.0 Å². The highest BCUT2D eigenvalue weighted by Crippen LogP contribution is 2.28. The zero-order valence-corrected chi connectivity index (χ0v) is 13.5. The minimum atomic E-state index is -3.59. The van der Waals surface area contributed by atoms with Crippen molar-refractivity contribution in [2.45, 2.75) is 31.0 Å². The third-order valence-corrected chi connectivity index (χ3v) is 5.63. The van der Waals surface area contributed by atoms with Crippen LogP contribution in [0.4, 0.5) is 4.79 Å². The number of urea groups is 1. The maximum atomic E-state index is 12.7. The minimum Gasteiger partial charge on any atom is -0.331 e. The first kappa shape index (κ1) is 15.8. The minimum absolute atomic E-state index is 0.159. The molecule has 0 saturated carbocycles. The molecule has 0 aromatic heterocycles. The van der Waals surface area contributed by atoms with Crippen molar-refractivity contribution in [1.29, 1.82) is 0 Å². The Balaban J connectivity index is 2.33. The number of amides is 2. The Morgan fingerprint density at radius 3 is 2.29 bits per heavy atom. The number of sulfonamides is 1. The van der Waals surface area contributed by atoms with Gasteiger partial charge in [0.25, 0.3) is 0 Å². The average Bonchev–Trinajstić information content (AvgIpc) is 2.74. The summed E-state index contributed by atoms with van der Waals surface area (Å²) in [5.74, 6) is 0. The van der Waals surface area contributed by atoms with Crippen LogP contribution in [-0.2, 0) is 10.0 Å². The number of hydrogen-bond acceptors (Lipinski definition) is 3. The molecule has 21 heavy (non-hydrogen) atoms. The number of nitrogens with zero attached hydrogens (tertiary/aromatic N) is 3. The van der Waals surface area contributed by atoms with Crippen LogP contribution in [0.2, 0.25) is 0 Å². The molecule has 1 aliphatic rings. The molecule has 6 nitrogen and oxygen atoms in total. The van der Waals surface area contributed by atoms with Gasteiger partial charge in [-0.3, -0.25) is 0 Å². The molecule has 7 heteroatoms. The number of carbonyl (C=O) groups excluding carboxylic acids is 1. The number of carbonyl (C=O) groups is 1. The molecule has 0 bridgehead atoms. The van der Waals surface area contributed by atoms with Crippen LogP contribution in [0.3, 0.4) is 0 Å². The van der Waals surface area contributed by atoms with E-state index in [1.807, 2.05) is 6.92 Å². The predicted molar refractivity (Wildman–Crippen MR) is 80.2 cm³/mol. The van der Waals surface area contributed by atoms with Gasteiger partial charge in [0.15, 0.2) is 0 Å². The zero-order valence-electron chi connectivity index (χ0n) is 12.7. The molecule has 1 heterocycles. The van der Waals surface area contributed by atoms with Crippen LogP contribution in [0.15, 0.2) is 35.2 Å². The molecule has 1 fully saturated rings. The van der Waals surface area contributed by atoms with E-state index in [1.165, 1.54) is 9.21 Å². The Morgan fingerprint density at radius 2 is 1.76 bits per heavy atom. The highest BCUT2D eigenvalue weighted by Gasteiger charge is 2.44.